The summed E-state index contributed by atoms with van der Waals surface area (Å²) < 4.78 is 5.23. The van der Waals surface area contributed by atoms with Crippen molar-refractivity contribution < 1.29 is 19.1 Å². The molecule has 0 atom stereocenters. The number of hydrogen-bond acceptors (Lipinski definition) is 5. The maximum atomic E-state index is 12.8. The van der Waals surface area contributed by atoms with E-state index in [4.69, 9.17) is 4.74 Å². The largest absolute Gasteiger partial charge is 0.452 e. The third-order valence-electron chi connectivity index (χ3n) is 5.01. The van der Waals surface area contributed by atoms with E-state index in [9.17, 15) is 14.4 Å². The summed E-state index contributed by atoms with van der Waals surface area (Å²) in [5, 5.41) is 5.47. The second kappa shape index (κ2) is 8.73. The number of ether oxygens (including phenoxy) is 1. The summed E-state index contributed by atoms with van der Waals surface area (Å²) >= 11 is 0. The lowest BCUT2D eigenvalue weighted by atomic mass is 10.0. The normalized spacial score (nSPS) is 12.3. The van der Waals surface area contributed by atoms with E-state index in [1.54, 1.807) is 0 Å². The van der Waals surface area contributed by atoms with Gasteiger partial charge in [0.15, 0.2) is 6.61 Å². The molecule has 1 aromatic heterocycles. The van der Waals surface area contributed by atoms with E-state index in [0.29, 0.717) is 10.9 Å². The van der Waals surface area contributed by atoms with Crippen molar-refractivity contribution in [1.29, 1.82) is 0 Å². The highest BCUT2D eigenvalue weighted by molar-refractivity contribution is 6.06. The lowest BCUT2D eigenvalue weighted by molar-refractivity contribution is -0.123. The molecule has 0 bridgehead atoms. The third-order valence-corrected chi connectivity index (χ3v) is 5.01. The molecular weight excluding hydrogens is 382 g/mol. The van der Waals surface area contributed by atoms with Gasteiger partial charge in [0.05, 0.1) is 11.1 Å². The molecule has 0 spiro atoms. The Morgan fingerprint density at radius 1 is 0.967 bits per heavy atom. The van der Waals surface area contributed by atoms with Crippen molar-refractivity contribution in [3.8, 4) is 0 Å². The molecule has 152 valence electrons. The van der Waals surface area contributed by atoms with Crippen LogP contribution in [0.2, 0.25) is 0 Å². The van der Waals surface area contributed by atoms with Crippen molar-refractivity contribution in [2.75, 3.05) is 6.61 Å². The second-order valence-corrected chi connectivity index (χ2v) is 7.08. The Hall–Kier alpha value is -3.74. The lowest BCUT2D eigenvalue weighted by Gasteiger charge is -2.12. The quantitative estimate of drug-likeness (QED) is 0.639. The summed E-state index contributed by atoms with van der Waals surface area (Å²) in [6, 6.07) is 16.1. The second-order valence-electron chi connectivity index (χ2n) is 7.08. The monoisotopic (exact) mass is 403 g/mol. The van der Waals surface area contributed by atoms with Gasteiger partial charge in [0.1, 0.15) is 0 Å². The van der Waals surface area contributed by atoms with Crippen LogP contribution in [-0.2, 0) is 28.9 Å². The number of carbonyl (C=O) groups is 3. The summed E-state index contributed by atoms with van der Waals surface area (Å²) in [5.41, 5.74) is 3.90. The number of urea groups is 1. The number of fused-ring (bicyclic) bond motifs is 2. The number of amides is 3. The van der Waals surface area contributed by atoms with E-state index in [2.05, 4.69) is 15.6 Å². The van der Waals surface area contributed by atoms with Gasteiger partial charge in [-0.3, -0.25) is 15.1 Å². The fourth-order valence-corrected chi connectivity index (χ4v) is 3.63. The molecule has 7 nitrogen and oxygen atoms in total. The first-order valence-electron chi connectivity index (χ1n) is 9.81. The number of carbonyl (C=O) groups excluding carboxylic acids is 3. The molecule has 0 saturated heterocycles. The van der Waals surface area contributed by atoms with Crippen LogP contribution < -0.4 is 10.6 Å². The molecule has 3 aromatic rings. The molecule has 4 rings (SSSR count). The van der Waals surface area contributed by atoms with Crippen molar-refractivity contribution in [3.63, 3.8) is 0 Å². The maximum Gasteiger partial charge on any atom is 0.339 e. The van der Waals surface area contributed by atoms with Crippen LogP contribution in [0.25, 0.3) is 10.9 Å². The van der Waals surface area contributed by atoms with Crippen LogP contribution in [0.4, 0.5) is 4.79 Å². The molecule has 2 aromatic carbocycles. The molecule has 0 aliphatic heterocycles. The SMILES string of the molecule is O=C(COC(=O)c1c2c(nc3ccccc13)CCC2)NC(=O)NCc1ccccc1. The van der Waals surface area contributed by atoms with Crippen LogP contribution in [0.1, 0.15) is 33.6 Å². The Balaban J connectivity index is 1.37. The fraction of sp³-hybridized carbons (Fsp3) is 0.217. The van der Waals surface area contributed by atoms with E-state index in [-0.39, 0.29) is 6.54 Å². The van der Waals surface area contributed by atoms with E-state index < -0.39 is 24.5 Å². The zero-order valence-electron chi connectivity index (χ0n) is 16.3. The highest BCUT2D eigenvalue weighted by Crippen LogP contribution is 2.30. The van der Waals surface area contributed by atoms with Crippen LogP contribution in [0.5, 0.6) is 0 Å². The number of aromatic nitrogens is 1. The highest BCUT2D eigenvalue weighted by atomic mass is 16.5. The molecular formula is C23H21N3O4. The molecule has 0 fully saturated rings. The van der Waals surface area contributed by atoms with Gasteiger partial charge in [-0.15, -0.1) is 0 Å². The third kappa shape index (κ3) is 4.30. The number of esters is 1. The first kappa shape index (κ1) is 19.6. The van der Waals surface area contributed by atoms with Crippen LogP contribution in [0, 0.1) is 0 Å². The maximum absolute atomic E-state index is 12.8. The number of nitrogens with zero attached hydrogens (tertiary/aromatic N) is 1. The average molecular weight is 403 g/mol. The Morgan fingerprint density at radius 2 is 1.73 bits per heavy atom. The van der Waals surface area contributed by atoms with E-state index in [0.717, 1.165) is 41.6 Å². The van der Waals surface area contributed by atoms with E-state index >= 15 is 0 Å². The van der Waals surface area contributed by atoms with E-state index in [1.165, 1.54) is 0 Å². The fourth-order valence-electron chi connectivity index (χ4n) is 3.63. The predicted octanol–water partition coefficient (Wildman–Crippen LogP) is 2.91. The minimum atomic E-state index is -0.691. The summed E-state index contributed by atoms with van der Waals surface area (Å²) in [6.07, 6.45) is 2.51. The number of aryl methyl sites for hydroxylation is 1. The number of imide groups is 1. The van der Waals surface area contributed by atoms with Crippen LogP contribution in [-0.4, -0.2) is 29.5 Å². The van der Waals surface area contributed by atoms with Gasteiger partial charge in [0.2, 0.25) is 0 Å². The van der Waals surface area contributed by atoms with E-state index in [1.807, 2.05) is 54.6 Å². The van der Waals surface area contributed by atoms with Crippen molar-refractivity contribution >= 4 is 28.8 Å². The van der Waals surface area contributed by atoms with Gasteiger partial charge in [-0.25, -0.2) is 9.59 Å². The first-order valence-corrected chi connectivity index (χ1v) is 9.81. The molecule has 1 heterocycles. The van der Waals surface area contributed by atoms with Crippen LogP contribution in [0.3, 0.4) is 0 Å². The van der Waals surface area contributed by atoms with Gasteiger partial charge in [-0.2, -0.15) is 0 Å². The number of rotatable bonds is 5. The summed E-state index contributed by atoms with van der Waals surface area (Å²) in [4.78, 5) is 41.3. The molecule has 3 amide bonds. The average Bonchev–Trinajstić information content (AvgIpc) is 3.23. The zero-order valence-corrected chi connectivity index (χ0v) is 16.3. The minimum absolute atomic E-state index is 0.287. The molecule has 2 N–H and O–H groups in total. The molecule has 0 saturated carbocycles. The number of hydrogen-bond donors (Lipinski definition) is 2. The van der Waals surface area contributed by atoms with Crippen molar-refractivity contribution in [1.82, 2.24) is 15.6 Å². The molecule has 1 aliphatic rings. The Labute approximate surface area is 173 Å². The Morgan fingerprint density at radius 3 is 2.57 bits per heavy atom. The van der Waals surface area contributed by atoms with Gasteiger partial charge in [0, 0.05) is 17.6 Å². The molecule has 0 unspecified atom stereocenters. The zero-order chi connectivity index (χ0) is 20.9. The number of pyridine rings is 1. The first-order chi connectivity index (χ1) is 14.6. The Kier molecular flexibility index (Phi) is 5.70. The summed E-state index contributed by atoms with van der Waals surface area (Å²) in [5.74, 6) is -1.27. The van der Waals surface area contributed by atoms with Gasteiger partial charge >= 0.3 is 12.0 Å². The van der Waals surface area contributed by atoms with Crippen molar-refractivity contribution in [3.05, 3.63) is 77.0 Å². The van der Waals surface area contributed by atoms with Crippen LogP contribution in [0.15, 0.2) is 54.6 Å². The number of para-hydroxylation sites is 1. The molecule has 30 heavy (non-hydrogen) atoms. The number of benzene rings is 2. The minimum Gasteiger partial charge on any atom is -0.452 e. The predicted molar refractivity (Wildman–Crippen MR) is 111 cm³/mol. The van der Waals surface area contributed by atoms with Crippen molar-refractivity contribution in [2.45, 2.75) is 25.8 Å². The topological polar surface area (TPSA) is 97.4 Å². The smallest absolute Gasteiger partial charge is 0.339 e. The van der Waals surface area contributed by atoms with Crippen LogP contribution >= 0.6 is 0 Å². The van der Waals surface area contributed by atoms with Gasteiger partial charge in [0.25, 0.3) is 5.91 Å². The Bertz CT molecular complexity index is 1110. The van der Waals surface area contributed by atoms with Gasteiger partial charge in [-0.1, -0.05) is 48.5 Å². The highest BCUT2D eigenvalue weighted by Gasteiger charge is 2.25. The van der Waals surface area contributed by atoms with Crippen molar-refractivity contribution in [2.24, 2.45) is 0 Å². The van der Waals surface area contributed by atoms with Gasteiger partial charge in [-0.05, 0) is 36.5 Å². The molecule has 1 aliphatic carbocycles. The molecule has 0 radical (unpaired) electrons. The molecule has 7 heteroatoms. The lowest BCUT2D eigenvalue weighted by Crippen LogP contribution is -2.41. The van der Waals surface area contributed by atoms with Gasteiger partial charge < -0.3 is 10.1 Å². The number of nitrogens with one attached hydrogen (secondary N) is 2. The summed E-state index contributed by atoms with van der Waals surface area (Å²) in [6.45, 7) is -0.252. The summed E-state index contributed by atoms with van der Waals surface area (Å²) in [7, 11) is 0. The standard InChI is InChI=1S/C23H21N3O4/c27-20(26-23(29)24-13-15-7-2-1-3-8-15)14-30-22(28)21-16-9-4-5-11-18(16)25-19-12-6-10-17(19)21/h1-5,7-9,11H,6,10,12-14H2,(H2,24,26,27,29).